The van der Waals surface area contributed by atoms with E-state index in [1.807, 2.05) is 13.0 Å². The number of fused-ring (bicyclic) bond motifs is 1. The third-order valence-corrected chi connectivity index (χ3v) is 2.26. The summed E-state index contributed by atoms with van der Waals surface area (Å²) in [5.74, 6) is -0.851. The summed E-state index contributed by atoms with van der Waals surface area (Å²) < 4.78 is 1.54. The van der Waals surface area contributed by atoms with Crippen molar-refractivity contribution in [1.82, 2.24) is 20.0 Å². The standard InChI is InChI=1S/C9H10N4O2/c1-6(4-9(14)15)7-2-3-8-10-11-12-13(8)5-7/h2-3,5-6H,4H2,1H3,(H,14,15). The lowest BCUT2D eigenvalue weighted by molar-refractivity contribution is -0.137. The van der Waals surface area contributed by atoms with Gasteiger partial charge in [-0.25, -0.2) is 4.52 Å². The van der Waals surface area contributed by atoms with E-state index in [4.69, 9.17) is 5.11 Å². The van der Waals surface area contributed by atoms with Gasteiger partial charge in [-0.1, -0.05) is 13.0 Å². The Hall–Kier alpha value is -1.98. The Labute approximate surface area is 85.5 Å². The molecule has 6 heteroatoms. The lowest BCUT2D eigenvalue weighted by Crippen LogP contribution is -2.04. The zero-order valence-corrected chi connectivity index (χ0v) is 8.16. The van der Waals surface area contributed by atoms with Gasteiger partial charge in [-0.2, -0.15) is 0 Å². The average Bonchev–Trinajstić information content (AvgIpc) is 2.62. The van der Waals surface area contributed by atoms with Crippen LogP contribution in [0.4, 0.5) is 0 Å². The number of carboxylic acid groups (broad SMARTS) is 1. The lowest BCUT2D eigenvalue weighted by atomic mass is 10.00. The molecule has 78 valence electrons. The number of nitrogens with zero attached hydrogens (tertiary/aromatic N) is 4. The Bertz CT molecular complexity index is 494. The summed E-state index contributed by atoms with van der Waals surface area (Å²) in [4.78, 5) is 10.5. The molecule has 0 spiro atoms. The van der Waals surface area contributed by atoms with Crippen LogP contribution in [0.2, 0.25) is 0 Å². The first-order valence-electron chi connectivity index (χ1n) is 4.56. The van der Waals surface area contributed by atoms with E-state index in [1.54, 1.807) is 12.3 Å². The number of pyridine rings is 1. The maximum atomic E-state index is 10.5. The molecule has 1 unspecified atom stereocenters. The van der Waals surface area contributed by atoms with E-state index in [-0.39, 0.29) is 12.3 Å². The Morgan fingerprint density at radius 3 is 3.13 bits per heavy atom. The summed E-state index contributed by atoms with van der Waals surface area (Å²) in [7, 11) is 0. The number of aromatic nitrogens is 4. The van der Waals surface area contributed by atoms with Crippen molar-refractivity contribution in [2.24, 2.45) is 0 Å². The van der Waals surface area contributed by atoms with Crippen molar-refractivity contribution in [3.8, 4) is 0 Å². The summed E-state index contributed by atoms with van der Waals surface area (Å²) in [6, 6.07) is 3.62. The lowest BCUT2D eigenvalue weighted by Gasteiger charge is -2.08. The predicted molar refractivity (Wildman–Crippen MR) is 51.4 cm³/mol. The van der Waals surface area contributed by atoms with Crippen molar-refractivity contribution < 1.29 is 9.90 Å². The third kappa shape index (κ3) is 1.93. The zero-order valence-electron chi connectivity index (χ0n) is 8.16. The second-order valence-corrected chi connectivity index (χ2v) is 3.44. The van der Waals surface area contributed by atoms with Crippen LogP contribution in [-0.2, 0) is 4.79 Å². The molecule has 2 aromatic rings. The van der Waals surface area contributed by atoms with Crippen LogP contribution >= 0.6 is 0 Å². The average molecular weight is 206 g/mol. The van der Waals surface area contributed by atoms with E-state index in [0.29, 0.717) is 5.65 Å². The zero-order chi connectivity index (χ0) is 10.8. The first-order chi connectivity index (χ1) is 7.16. The topological polar surface area (TPSA) is 80.4 Å². The molecule has 0 aliphatic carbocycles. The predicted octanol–water partition coefficient (Wildman–Crippen LogP) is 0.702. The van der Waals surface area contributed by atoms with Gasteiger partial charge in [0.25, 0.3) is 0 Å². The summed E-state index contributed by atoms with van der Waals surface area (Å²) in [6.45, 7) is 1.86. The first-order valence-corrected chi connectivity index (χ1v) is 4.56. The molecule has 2 aromatic heterocycles. The minimum absolute atomic E-state index is 0.0453. The molecule has 1 N–H and O–H groups in total. The summed E-state index contributed by atoms with van der Waals surface area (Å²) in [5, 5.41) is 19.7. The van der Waals surface area contributed by atoms with Gasteiger partial charge in [0.1, 0.15) is 0 Å². The Morgan fingerprint density at radius 2 is 2.40 bits per heavy atom. The molecule has 6 nitrogen and oxygen atoms in total. The number of hydrogen-bond donors (Lipinski definition) is 1. The van der Waals surface area contributed by atoms with E-state index in [2.05, 4.69) is 15.5 Å². The molecule has 2 heterocycles. The van der Waals surface area contributed by atoms with E-state index >= 15 is 0 Å². The summed E-state index contributed by atoms with van der Waals surface area (Å²) in [6.07, 6.45) is 1.86. The van der Waals surface area contributed by atoms with Crippen LogP contribution < -0.4 is 0 Å². The van der Waals surface area contributed by atoms with Gasteiger partial charge in [-0.15, -0.1) is 5.10 Å². The molecular formula is C9H10N4O2. The van der Waals surface area contributed by atoms with Crippen molar-refractivity contribution in [3.63, 3.8) is 0 Å². The van der Waals surface area contributed by atoms with Crippen LogP contribution in [0.25, 0.3) is 5.65 Å². The largest absolute Gasteiger partial charge is 0.481 e. The van der Waals surface area contributed by atoms with Crippen LogP contribution in [0, 0.1) is 0 Å². The molecule has 1 atom stereocenters. The highest BCUT2D eigenvalue weighted by Crippen LogP contribution is 2.18. The third-order valence-electron chi connectivity index (χ3n) is 2.26. The maximum absolute atomic E-state index is 10.5. The van der Waals surface area contributed by atoms with Crippen LogP contribution in [-0.4, -0.2) is 31.1 Å². The summed E-state index contributed by atoms with van der Waals surface area (Å²) in [5.41, 5.74) is 1.57. The SMILES string of the molecule is CC(CC(=O)O)c1ccc2nnnn2c1. The van der Waals surface area contributed by atoms with Gasteiger partial charge in [0, 0.05) is 6.20 Å². The Kier molecular flexibility index (Phi) is 2.32. The number of carboxylic acids is 1. The molecule has 0 radical (unpaired) electrons. The molecular weight excluding hydrogens is 196 g/mol. The van der Waals surface area contributed by atoms with Crippen molar-refractivity contribution in [2.75, 3.05) is 0 Å². The van der Waals surface area contributed by atoms with E-state index in [0.717, 1.165) is 5.56 Å². The normalized spacial score (nSPS) is 12.9. The monoisotopic (exact) mass is 206 g/mol. The molecule has 0 aliphatic rings. The fourth-order valence-corrected chi connectivity index (χ4v) is 1.43. The fraction of sp³-hybridized carbons (Fsp3) is 0.333. The van der Waals surface area contributed by atoms with Crippen molar-refractivity contribution >= 4 is 11.6 Å². The molecule has 15 heavy (non-hydrogen) atoms. The molecule has 0 fully saturated rings. The molecule has 2 rings (SSSR count). The van der Waals surface area contributed by atoms with Gasteiger partial charge in [0.2, 0.25) is 0 Å². The second kappa shape index (κ2) is 3.64. The quantitative estimate of drug-likeness (QED) is 0.799. The number of rotatable bonds is 3. The van der Waals surface area contributed by atoms with E-state index in [1.165, 1.54) is 4.52 Å². The van der Waals surface area contributed by atoms with Crippen molar-refractivity contribution in [1.29, 1.82) is 0 Å². The van der Waals surface area contributed by atoms with Crippen molar-refractivity contribution in [2.45, 2.75) is 19.3 Å². The molecule has 0 aromatic carbocycles. The van der Waals surface area contributed by atoms with Gasteiger partial charge in [-0.3, -0.25) is 4.79 Å². The molecule has 0 amide bonds. The Morgan fingerprint density at radius 1 is 1.60 bits per heavy atom. The molecule has 0 saturated carbocycles. The molecule has 0 bridgehead atoms. The minimum Gasteiger partial charge on any atom is -0.481 e. The second-order valence-electron chi connectivity index (χ2n) is 3.44. The smallest absolute Gasteiger partial charge is 0.303 e. The van der Waals surface area contributed by atoms with Gasteiger partial charge >= 0.3 is 5.97 Å². The van der Waals surface area contributed by atoms with Crippen molar-refractivity contribution in [3.05, 3.63) is 23.9 Å². The van der Waals surface area contributed by atoms with E-state index < -0.39 is 5.97 Å². The number of hydrogen-bond acceptors (Lipinski definition) is 4. The van der Waals surface area contributed by atoms with Crippen LogP contribution in [0.5, 0.6) is 0 Å². The first kappa shape index (κ1) is 9.57. The highest BCUT2D eigenvalue weighted by atomic mass is 16.4. The van der Waals surface area contributed by atoms with Gasteiger partial charge in [0.05, 0.1) is 6.42 Å². The van der Waals surface area contributed by atoms with Crippen LogP contribution in [0.3, 0.4) is 0 Å². The Balaban J connectivity index is 2.30. The van der Waals surface area contributed by atoms with Gasteiger partial charge in [-0.05, 0) is 28.0 Å². The number of aliphatic carboxylic acids is 1. The number of tetrazole rings is 1. The maximum Gasteiger partial charge on any atom is 0.303 e. The molecule has 0 saturated heterocycles. The van der Waals surface area contributed by atoms with Gasteiger partial charge in [0.15, 0.2) is 5.65 Å². The highest BCUT2D eigenvalue weighted by molar-refractivity contribution is 5.67. The highest BCUT2D eigenvalue weighted by Gasteiger charge is 2.11. The van der Waals surface area contributed by atoms with Gasteiger partial charge < -0.3 is 5.11 Å². The fourth-order valence-electron chi connectivity index (χ4n) is 1.43. The summed E-state index contributed by atoms with van der Waals surface area (Å²) >= 11 is 0. The molecule has 0 aliphatic heterocycles. The number of carbonyl (C=O) groups is 1. The minimum atomic E-state index is -0.806. The van der Waals surface area contributed by atoms with E-state index in [9.17, 15) is 4.79 Å². The van der Waals surface area contributed by atoms with Crippen LogP contribution in [0.1, 0.15) is 24.8 Å². The van der Waals surface area contributed by atoms with Crippen LogP contribution in [0.15, 0.2) is 18.3 Å².